The highest BCUT2D eigenvalue weighted by molar-refractivity contribution is 6.04. The molecule has 3 amide bonds. The second-order valence-corrected chi connectivity index (χ2v) is 8.37. The van der Waals surface area contributed by atoms with Gasteiger partial charge in [-0.3, -0.25) is 14.4 Å². The molecule has 1 atom stereocenters. The van der Waals surface area contributed by atoms with E-state index in [2.05, 4.69) is 24.5 Å². The Morgan fingerprint density at radius 1 is 0.967 bits per heavy atom. The minimum absolute atomic E-state index is 0.0827. The van der Waals surface area contributed by atoms with Crippen molar-refractivity contribution in [3.8, 4) is 0 Å². The Bertz CT molecular complexity index is 935. The Balaban J connectivity index is 1.66. The summed E-state index contributed by atoms with van der Waals surface area (Å²) >= 11 is 0. The molecule has 0 bridgehead atoms. The van der Waals surface area contributed by atoms with E-state index in [-0.39, 0.29) is 30.1 Å². The number of nitrogens with zero attached hydrogens (tertiary/aromatic N) is 1. The summed E-state index contributed by atoms with van der Waals surface area (Å²) in [7, 11) is 0. The fourth-order valence-electron chi connectivity index (χ4n) is 3.37. The van der Waals surface area contributed by atoms with Gasteiger partial charge in [0, 0.05) is 35.9 Å². The van der Waals surface area contributed by atoms with Crippen molar-refractivity contribution < 1.29 is 14.4 Å². The summed E-state index contributed by atoms with van der Waals surface area (Å²) in [5.74, 6) is -0.469. The molecule has 0 aromatic heterocycles. The minimum Gasteiger partial charge on any atom is -0.326 e. The van der Waals surface area contributed by atoms with Crippen LogP contribution < -0.4 is 15.5 Å². The van der Waals surface area contributed by atoms with Crippen LogP contribution in [0.25, 0.3) is 0 Å². The molecule has 0 saturated carbocycles. The first-order valence-electron chi connectivity index (χ1n) is 10.4. The standard InChI is InChI=1S/C24H29N3O3/c1-15(2)17-8-10-19(11-9-17)25-24(30)18-12-22(28)27(14-18)21-7-5-6-20(13-21)26-23(29)16(3)4/h5-11,13,15-16,18H,12,14H2,1-4H3,(H,25,30)(H,26,29)/t18-/m1/s1. The van der Waals surface area contributed by atoms with Gasteiger partial charge in [0.2, 0.25) is 17.7 Å². The van der Waals surface area contributed by atoms with Gasteiger partial charge in [0.25, 0.3) is 0 Å². The fourth-order valence-corrected chi connectivity index (χ4v) is 3.37. The van der Waals surface area contributed by atoms with Gasteiger partial charge in [-0.25, -0.2) is 0 Å². The number of hydrogen-bond acceptors (Lipinski definition) is 3. The lowest BCUT2D eigenvalue weighted by Gasteiger charge is -2.18. The maximum Gasteiger partial charge on any atom is 0.229 e. The Morgan fingerprint density at radius 3 is 2.30 bits per heavy atom. The van der Waals surface area contributed by atoms with Crippen molar-refractivity contribution in [2.45, 2.75) is 40.0 Å². The molecule has 2 N–H and O–H groups in total. The maximum absolute atomic E-state index is 12.7. The fraction of sp³-hybridized carbons (Fsp3) is 0.375. The highest BCUT2D eigenvalue weighted by atomic mass is 16.2. The summed E-state index contributed by atoms with van der Waals surface area (Å²) in [6.45, 7) is 8.20. The van der Waals surface area contributed by atoms with Gasteiger partial charge in [0.1, 0.15) is 0 Å². The lowest BCUT2D eigenvalue weighted by molar-refractivity contribution is -0.122. The predicted octanol–water partition coefficient (Wildman–Crippen LogP) is 4.40. The molecule has 0 radical (unpaired) electrons. The number of carbonyl (C=O) groups excluding carboxylic acids is 3. The van der Waals surface area contributed by atoms with E-state index in [4.69, 9.17) is 0 Å². The predicted molar refractivity (Wildman–Crippen MR) is 120 cm³/mol. The maximum atomic E-state index is 12.7. The van der Waals surface area contributed by atoms with Crippen LogP contribution in [0.15, 0.2) is 48.5 Å². The number of carbonyl (C=O) groups is 3. The van der Waals surface area contributed by atoms with Crippen molar-refractivity contribution in [2.24, 2.45) is 11.8 Å². The van der Waals surface area contributed by atoms with Crippen LogP contribution in [0.3, 0.4) is 0 Å². The molecular formula is C24H29N3O3. The van der Waals surface area contributed by atoms with Crippen molar-refractivity contribution >= 4 is 34.8 Å². The largest absolute Gasteiger partial charge is 0.326 e. The third-order valence-corrected chi connectivity index (χ3v) is 5.29. The summed E-state index contributed by atoms with van der Waals surface area (Å²) in [6.07, 6.45) is 0.165. The lowest BCUT2D eigenvalue weighted by atomic mass is 10.0. The summed E-state index contributed by atoms with van der Waals surface area (Å²) in [5.41, 5.74) is 3.25. The molecule has 2 aromatic rings. The molecule has 2 aromatic carbocycles. The topological polar surface area (TPSA) is 78.5 Å². The molecule has 0 unspecified atom stereocenters. The highest BCUT2D eigenvalue weighted by Crippen LogP contribution is 2.28. The second kappa shape index (κ2) is 9.11. The molecule has 1 fully saturated rings. The summed E-state index contributed by atoms with van der Waals surface area (Å²) in [6, 6.07) is 15.0. The Kier molecular flexibility index (Phi) is 6.55. The van der Waals surface area contributed by atoms with E-state index in [1.807, 2.05) is 44.2 Å². The van der Waals surface area contributed by atoms with E-state index in [0.29, 0.717) is 23.8 Å². The molecule has 6 nitrogen and oxygen atoms in total. The van der Waals surface area contributed by atoms with Crippen LogP contribution in [-0.2, 0) is 14.4 Å². The molecule has 0 spiro atoms. The number of hydrogen-bond donors (Lipinski definition) is 2. The molecular weight excluding hydrogens is 378 g/mol. The summed E-state index contributed by atoms with van der Waals surface area (Å²) in [5, 5.41) is 5.76. The van der Waals surface area contributed by atoms with Gasteiger partial charge < -0.3 is 15.5 Å². The van der Waals surface area contributed by atoms with Crippen LogP contribution in [-0.4, -0.2) is 24.3 Å². The van der Waals surface area contributed by atoms with E-state index >= 15 is 0 Å². The van der Waals surface area contributed by atoms with Crippen LogP contribution in [0, 0.1) is 11.8 Å². The van der Waals surface area contributed by atoms with Gasteiger partial charge >= 0.3 is 0 Å². The quantitative estimate of drug-likeness (QED) is 0.745. The monoisotopic (exact) mass is 407 g/mol. The van der Waals surface area contributed by atoms with Crippen LogP contribution in [0.2, 0.25) is 0 Å². The van der Waals surface area contributed by atoms with Crippen LogP contribution in [0.5, 0.6) is 0 Å². The molecule has 0 aliphatic carbocycles. The van der Waals surface area contributed by atoms with Crippen molar-refractivity contribution in [2.75, 3.05) is 22.1 Å². The highest BCUT2D eigenvalue weighted by Gasteiger charge is 2.35. The number of rotatable bonds is 6. The molecule has 158 valence electrons. The van der Waals surface area contributed by atoms with E-state index in [9.17, 15) is 14.4 Å². The summed E-state index contributed by atoms with van der Waals surface area (Å²) in [4.78, 5) is 38.8. The third kappa shape index (κ3) is 5.06. The van der Waals surface area contributed by atoms with Crippen molar-refractivity contribution in [1.82, 2.24) is 0 Å². The van der Waals surface area contributed by atoms with Gasteiger partial charge in [-0.1, -0.05) is 45.9 Å². The first-order valence-corrected chi connectivity index (χ1v) is 10.4. The van der Waals surface area contributed by atoms with Crippen LogP contribution in [0.1, 0.15) is 45.6 Å². The van der Waals surface area contributed by atoms with Crippen molar-refractivity contribution in [3.05, 3.63) is 54.1 Å². The van der Waals surface area contributed by atoms with E-state index in [0.717, 1.165) is 5.69 Å². The smallest absolute Gasteiger partial charge is 0.229 e. The number of benzene rings is 2. The lowest BCUT2D eigenvalue weighted by Crippen LogP contribution is -2.28. The first-order chi connectivity index (χ1) is 14.2. The zero-order valence-corrected chi connectivity index (χ0v) is 17.9. The number of nitrogens with one attached hydrogen (secondary N) is 2. The zero-order chi connectivity index (χ0) is 21.8. The Morgan fingerprint density at radius 2 is 1.67 bits per heavy atom. The van der Waals surface area contributed by atoms with Crippen LogP contribution in [0.4, 0.5) is 17.1 Å². The minimum atomic E-state index is -0.420. The van der Waals surface area contributed by atoms with Gasteiger partial charge in [-0.05, 0) is 41.8 Å². The molecule has 3 rings (SSSR count). The zero-order valence-electron chi connectivity index (χ0n) is 17.9. The van der Waals surface area contributed by atoms with Gasteiger partial charge in [0.05, 0.1) is 5.92 Å². The van der Waals surface area contributed by atoms with Crippen LogP contribution >= 0.6 is 0 Å². The SMILES string of the molecule is CC(C)C(=O)Nc1cccc(N2C[C@H](C(=O)Nc3ccc(C(C)C)cc3)CC2=O)c1. The molecule has 1 saturated heterocycles. The molecule has 6 heteroatoms. The summed E-state index contributed by atoms with van der Waals surface area (Å²) < 4.78 is 0. The van der Waals surface area contributed by atoms with Gasteiger partial charge in [-0.15, -0.1) is 0 Å². The number of amides is 3. The van der Waals surface area contributed by atoms with Gasteiger partial charge in [-0.2, -0.15) is 0 Å². The molecule has 1 aliphatic rings. The van der Waals surface area contributed by atoms with Crippen molar-refractivity contribution in [3.63, 3.8) is 0 Å². The molecule has 1 heterocycles. The first kappa shape index (κ1) is 21.6. The van der Waals surface area contributed by atoms with Crippen molar-refractivity contribution in [1.29, 1.82) is 0 Å². The Labute approximate surface area is 177 Å². The number of anilines is 3. The third-order valence-electron chi connectivity index (χ3n) is 5.29. The molecule has 1 aliphatic heterocycles. The second-order valence-electron chi connectivity index (χ2n) is 8.37. The van der Waals surface area contributed by atoms with E-state index in [1.54, 1.807) is 23.1 Å². The van der Waals surface area contributed by atoms with E-state index in [1.165, 1.54) is 5.56 Å². The van der Waals surface area contributed by atoms with Gasteiger partial charge in [0.15, 0.2) is 0 Å². The van der Waals surface area contributed by atoms with E-state index < -0.39 is 5.92 Å². The normalized spacial score (nSPS) is 16.3. The average molecular weight is 408 g/mol. The Hall–Kier alpha value is -3.15. The average Bonchev–Trinajstić information content (AvgIpc) is 3.10. The molecule has 30 heavy (non-hydrogen) atoms.